The van der Waals surface area contributed by atoms with E-state index in [4.69, 9.17) is 21.1 Å². The van der Waals surface area contributed by atoms with Crippen LogP contribution in [0.3, 0.4) is 0 Å². The monoisotopic (exact) mass is 407 g/mol. The molecule has 0 spiro atoms. The Bertz CT molecular complexity index is 1140. The third-order valence-electron chi connectivity index (χ3n) is 4.24. The van der Waals surface area contributed by atoms with E-state index in [9.17, 15) is 9.18 Å². The molecule has 4 rings (SSSR count). The van der Waals surface area contributed by atoms with Crippen molar-refractivity contribution in [2.45, 2.75) is 6.61 Å². The lowest BCUT2D eigenvalue weighted by molar-refractivity contribution is -0.129. The van der Waals surface area contributed by atoms with Crippen LogP contribution in [0, 0.1) is 5.82 Å². The first-order valence-corrected chi connectivity index (χ1v) is 9.22. The summed E-state index contributed by atoms with van der Waals surface area (Å²) in [5.41, 5.74) is 1.80. The number of hydrogen-bond donors (Lipinski definition) is 0. The molecule has 4 nitrogen and oxygen atoms in total. The number of cyclic esters (lactones) is 1. The molecule has 0 amide bonds. The maximum absolute atomic E-state index is 13.9. The maximum atomic E-state index is 13.9. The Hall–Kier alpha value is -3.44. The van der Waals surface area contributed by atoms with Crippen molar-refractivity contribution in [1.82, 2.24) is 0 Å². The number of rotatable bonds is 5. The van der Waals surface area contributed by atoms with Gasteiger partial charge < -0.3 is 9.47 Å². The lowest BCUT2D eigenvalue weighted by Gasteiger charge is -2.08. The second-order valence-corrected chi connectivity index (χ2v) is 6.68. The van der Waals surface area contributed by atoms with Crippen molar-refractivity contribution in [3.05, 3.63) is 106 Å². The van der Waals surface area contributed by atoms with Crippen LogP contribution in [0.4, 0.5) is 4.39 Å². The molecule has 0 unspecified atom stereocenters. The Labute approximate surface area is 171 Å². The standard InChI is InChI=1S/C23H15ClFNO3/c24-19-10-3-1-7-16(19)14-28-17-8-5-6-15(12-17)13-21-23(27)29-22(26-21)18-9-2-4-11-20(18)25/h1-13H,14H2. The molecule has 0 aliphatic carbocycles. The fraction of sp³-hybridized carbons (Fsp3) is 0.0435. The molecule has 1 heterocycles. The van der Waals surface area contributed by atoms with E-state index in [2.05, 4.69) is 4.99 Å². The molecule has 3 aromatic carbocycles. The zero-order valence-corrected chi connectivity index (χ0v) is 15.9. The molecule has 0 fully saturated rings. The van der Waals surface area contributed by atoms with Gasteiger partial charge >= 0.3 is 5.97 Å². The van der Waals surface area contributed by atoms with Gasteiger partial charge in [0.05, 0.1) is 5.56 Å². The highest BCUT2D eigenvalue weighted by atomic mass is 35.5. The second-order valence-electron chi connectivity index (χ2n) is 6.27. The van der Waals surface area contributed by atoms with Gasteiger partial charge in [0.25, 0.3) is 0 Å². The van der Waals surface area contributed by atoms with Gasteiger partial charge in [0, 0.05) is 10.6 Å². The van der Waals surface area contributed by atoms with Gasteiger partial charge in [0.2, 0.25) is 5.90 Å². The molecule has 0 radical (unpaired) electrons. The van der Waals surface area contributed by atoms with E-state index in [1.165, 1.54) is 12.1 Å². The normalized spacial score (nSPS) is 14.6. The molecule has 6 heteroatoms. The van der Waals surface area contributed by atoms with Crippen molar-refractivity contribution >= 4 is 29.5 Å². The van der Waals surface area contributed by atoms with Crippen LogP contribution >= 0.6 is 11.6 Å². The van der Waals surface area contributed by atoms with Crippen LogP contribution in [0.2, 0.25) is 5.02 Å². The van der Waals surface area contributed by atoms with E-state index in [0.29, 0.717) is 22.9 Å². The van der Waals surface area contributed by atoms with Crippen LogP contribution < -0.4 is 4.74 Å². The molecule has 0 atom stereocenters. The quantitative estimate of drug-likeness (QED) is 0.420. The average Bonchev–Trinajstić information content (AvgIpc) is 3.08. The topological polar surface area (TPSA) is 47.9 Å². The number of aliphatic imine (C=N–C) groups is 1. The summed E-state index contributed by atoms with van der Waals surface area (Å²) in [6.45, 7) is 0.317. The van der Waals surface area contributed by atoms with Crippen LogP contribution in [0.25, 0.3) is 6.08 Å². The first-order valence-electron chi connectivity index (χ1n) is 8.84. The molecule has 0 saturated heterocycles. The highest BCUT2D eigenvalue weighted by molar-refractivity contribution is 6.31. The minimum atomic E-state index is -0.634. The van der Waals surface area contributed by atoms with Crippen molar-refractivity contribution in [2.24, 2.45) is 4.99 Å². The van der Waals surface area contributed by atoms with E-state index in [1.54, 1.807) is 48.5 Å². The lowest BCUT2D eigenvalue weighted by atomic mass is 10.2. The number of ether oxygens (including phenoxy) is 2. The summed E-state index contributed by atoms with van der Waals surface area (Å²) in [6, 6.07) is 20.6. The van der Waals surface area contributed by atoms with Crippen LogP contribution in [0.15, 0.2) is 83.5 Å². The number of esters is 1. The van der Waals surface area contributed by atoms with Crippen LogP contribution in [0.5, 0.6) is 5.75 Å². The number of benzene rings is 3. The fourth-order valence-corrected chi connectivity index (χ4v) is 2.98. The van der Waals surface area contributed by atoms with Crippen molar-refractivity contribution in [2.75, 3.05) is 0 Å². The van der Waals surface area contributed by atoms with Crippen molar-refractivity contribution in [1.29, 1.82) is 0 Å². The smallest absolute Gasteiger partial charge is 0.363 e. The van der Waals surface area contributed by atoms with Crippen molar-refractivity contribution in [3.8, 4) is 5.75 Å². The maximum Gasteiger partial charge on any atom is 0.363 e. The largest absolute Gasteiger partial charge is 0.489 e. The first kappa shape index (κ1) is 18.9. The summed E-state index contributed by atoms with van der Waals surface area (Å²) >= 11 is 6.14. The van der Waals surface area contributed by atoms with Crippen LogP contribution in [0.1, 0.15) is 16.7 Å². The highest BCUT2D eigenvalue weighted by Gasteiger charge is 2.25. The van der Waals surface area contributed by atoms with Gasteiger partial charge in [-0.3, -0.25) is 0 Å². The number of hydrogen-bond acceptors (Lipinski definition) is 4. The summed E-state index contributed by atoms with van der Waals surface area (Å²) in [6.07, 6.45) is 1.57. The van der Waals surface area contributed by atoms with Crippen molar-refractivity contribution in [3.63, 3.8) is 0 Å². The van der Waals surface area contributed by atoms with Gasteiger partial charge in [0.1, 0.15) is 18.2 Å². The zero-order chi connectivity index (χ0) is 20.2. The molecule has 1 aliphatic rings. The SMILES string of the molecule is O=C1OC(c2ccccc2F)=NC1=Cc1cccc(OCc2ccccc2Cl)c1. The Morgan fingerprint density at radius 1 is 1.03 bits per heavy atom. The summed E-state index contributed by atoms with van der Waals surface area (Å²) in [5.74, 6) is -0.574. The minimum Gasteiger partial charge on any atom is -0.489 e. The lowest BCUT2D eigenvalue weighted by Crippen LogP contribution is -2.07. The Balaban J connectivity index is 1.54. The number of carbonyl (C=O) groups is 1. The van der Waals surface area contributed by atoms with Crippen LogP contribution in [-0.2, 0) is 16.1 Å². The van der Waals surface area contributed by atoms with Gasteiger partial charge in [-0.1, -0.05) is 54.1 Å². The summed E-state index contributed by atoms with van der Waals surface area (Å²) in [7, 11) is 0. The number of nitrogens with zero attached hydrogens (tertiary/aromatic N) is 1. The number of halogens is 2. The molecular weight excluding hydrogens is 393 g/mol. The summed E-state index contributed by atoms with van der Waals surface area (Å²) < 4.78 is 24.8. The summed E-state index contributed by atoms with van der Waals surface area (Å²) in [4.78, 5) is 16.3. The first-order chi connectivity index (χ1) is 14.1. The van der Waals surface area contributed by atoms with E-state index >= 15 is 0 Å². The Morgan fingerprint density at radius 2 is 1.83 bits per heavy atom. The van der Waals surface area contributed by atoms with E-state index in [0.717, 1.165) is 5.56 Å². The van der Waals surface area contributed by atoms with Crippen molar-refractivity contribution < 1.29 is 18.7 Å². The fourth-order valence-electron chi connectivity index (χ4n) is 2.79. The van der Waals surface area contributed by atoms with Gasteiger partial charge in [-0.2, -0.15) is 0 Å². The molecule has 0 aromatic heterocycles. The van der Waals surface area contributed by atoms with E-state index < -0.39 is 11.8 Å². The van der Waals surface area contributed by atoms with Gasteiger partial charge in [-0.25, -0.2) is 14.2 Å². The third-order valence-corrected chi connectivity index (χ3v) is 4.61. The molecule has 0 N–H and O–H groups in total. The van der Waals surface area contributed by atoms with Gasteiger partial charge in [-0.15, -0.1) is 0 Å². The molecule has 0 bridgehead atoms. The summed E-state index contributed by atoms with van der Waals surface area (Å²) in [5, 5.41) is 0.634. The Kier molecular flexibility index (Phi) is 5.40. The Morgan fingerprint density at radius 3 is 2.66 bits per heavy atom. The van der Waals surface area contributed by atoms with E-state index in [-0.39, 0.29) is 17.2 Å². The van der Waals surface area contributed by atoms with Crippen LogP contribution in [-0.4, -0.2) is 11.9 Å². The molecule has 0 saturated carbocycles. The predicted octanol–water partition coefficient (Wildman–Crippen LogP) is 5.40. The highest BCUT2D eigenvalue weighted by Crippen LogP contribution is 2.23. The van der Waals surface area contributed by atoms with E-state index in [1.807, 2.05) is 18.2 Å². The second kappa shape index (κ2) is 8.29. The molecular formula is C23H15ClFNO3. The average molecular weight is 408 g/mol. The minimum absolute atomic E-state index is 0.0505. The predicted molar refractivity (Wildman–Crippen MR) is 109 cm³/mol. The molecule has 29 heavy (non-hydrogen) atoms. The third kappa shape index (κ3) is 4.36. The molecule has 3 aromatic rings. The zero-order valence-electron chi connectivity index (χ0n) is 15.1. The number of carbonyl (C=O) groups excluding carboxylic acids is 1. The van der Waals surface area contributed by atoms with Gasteiger partial charge in [0.15, 0.2) is 5.70 Å². The molecule has 1 aliphatic heterocycles. The molecule has 144 valence electrons. The van der Waals surface area contributed by atoms with Gasteiger partial charge in [-0.05, 0) is 42.0 Å².